The van der Waals surface area contributed by atoms with Gasteiger partial charge in [-0.2, -0.15) is 0 Å². The van der Waals surface area contributed by atoms with Crippen molar-refractivity contribution in [2.45, 2.75) is 63.6 Å². The SMILES string of the molecule is CC(C)(C)OC(=O)N1CCC2CN(C3CC(c4nc5ccc(Br)cc5s4)C3)CC21. The predicted octanol–water partition coefficient (Wildman–Crippen LogP) is 5.25. The number of nitrogens with zero attached hydrogens (tertiary/aromatic N) is 3. The van der Waals surface area contributed by atoms with Crippen molar-refractivity contribution >= 4 is 43.6 Å². The number of carbonyl (C=O) groups excluding carboxylic acids is 1. The largest absolute Gasteiger partial charge is 0.444 e. The van der Waals surface area contributed by atoms with Crippen LogP contribution in [0.2, 0.25) is 0 Å². The zero-order valence-corrected chi connectivity index (χ0v) is 19.6. The number of hydrogen-bond acceptors (Lipinski definition) is 5. The maximum absolute atomic E-state index is 12.6. The van der Waals surface area contributed by atoms with Gasteiger partial charge in [0.05, 0.1) is 21.3 Å². The molecule has 5 nitrogen and oxygen atoms in total. The molecule has 1 saturated carbocycles. The molecule has 0 N–H and O–H groups in total. The summed E-state index contributed by atoms with van der Waals surface area (Å²) in [6.45, 7) is 8.77. The van der Waals surface area contributed by atoms with E-state index in [9.17, 15) is 4.79 Å². The monoisotopic (exact) mass is 477 g/mol. The van der Waals surface area contributed by atoms with Gasteiger partial charge in [-0.3, -0.25) is 4.90 Å². The normalized spacial score (nSPS) is 29.9. The minimum atomic E-state index is -0.429. The Morgan fingerprint density at radius 3 is 2.83 bits per heavy atom. The second-order valence-electron chi connectivity index (χ2n) is 9.73. The van der Waals surface area contributed by atoms with Gasteiger partial charge in [-0.1, -0.05) is 15.9 Å². The first-order valence-electron chi connectivity index (χ1n) is 10.6. The van der Waals surface area contributed by atoms with Gasteiger partial charge in [-0.05, 0) is 64.2 Å². The summed E-state index contributed by atoms with van der Waals surface area (Å²) in [7, 11) is 0. The summed E-state index contributed by atoms with van der Waals surface area (Å²) in [4.78, 5) is 22.1. The van der Waals surface area contributed by atoms with Crippen LogP contribution in [-0.4, -0.2) is 58.2 Å². The van der Waals surface area contributed by atoms with E-state index in [1.807, 2.05) is 37.0 Å². The summed E-state index contributed by atoms with van der Waals surface area (Å²) in [5.74, 6) is 1.18. The van der Waals surface area contributed by atoms with Crippen molar-refractivity contribution in [3.63, 3.8) is 0 Å². The Kier molecular flexibility index (Phi) is 4.91. The van der Waals surface area contributed by atoms with Crippen LogP contribution in [0.5, 0.6) is 0 Å². The van der Waals surface area contributed by atoms with Gasteiger partial charge in [0.2, 0.25) is 0 Å². The molecule has 2 aliphatic heterocycles. The Morgan fingerprint density at radius 1 is 1.28 bits per heavy atom. The number of fused-ring (bicyclic) bond motifs is 2. The summed E-state index contributed by atoms with van der Waals surface area (Å²) in [6, 6.07) is 7.28. The number of thiazole rings is 1. The number of ether oxygens (including phenoxy) is 1. The average molecular weight is 478 g/mol. The number of carbonyl (C=O) groups is 1. The van der Waals surface area contributed by atoms with Crippen LogP contribution in [0.1, 0.15) is 51.0 Å². The van der Waals surface area contributed by atoms with E-state index in [-0.39, 0.29) is 6.09 Å². The van der Waals surface area contributed by atoms with Gasteiger partial charge in [0.15, 0.2) is 0 Å². The second-order valence-corrected chi connectivity index (χ2v) is 11.7. The van der Waals surface area contributed by atoms with Gasteiger partial charge in [-0.25, -0.2) is 9.78 Å². The molecule has 29 heavy (non-hydrogen) atoms. The van der Waals surface area contributed by atoms with Crippen molar-refractivity contribution in [1.29, 1.82) is 0 Å². The first kappa shape index (κ1) is 19.8. The van der Waals surface area contributed by atoms with Crippen LogP contribution < -0.4 is 0 Å². The number of halogens is 1. The quantitative estimate of drug-likeness (QED) is 0.592. The molecule has 0 bridgehead atoms. The van der Waals surface area contributed by atoms with E-state index in [2.05, 4.69) is 39.0 Å². The lowest BCUT2D eigenvalue weighted by Gasteiger charge is -2.41. The van der Waals surface area contributed by atoms with Crippen LogP contribution in [0.4, 0.5) is 4.79 Å². The van der Waals surface area contributed by atoms with E-state index in [4.69, 9.17) is 9.72 Å². The third kappa shape index (κ3) is 3.81. The molecule has 3 heterocycles. The maximum atomic E-state index is 12.6. The Bertz CT molecular complexity index is 934. The molecular formula is C22H28BrN3O2S. The predicted molar refractivity (Wildman–Crippen MR) is 119 cm³/mol. The van der Waals surface area contributed by atoms with Crippen LogP contribution >= 0.6 is 27.3 Å². The summed E-state index contributed by atoms with van der Waals surface area (Å²) >= 11 is 5.39. The van der Waals surface area contributed by atoms with Gasteiger partial charge in [0, 0.05) is 36.1 Å². The van der Waals surface area contributed by atoms with E-state index in [1.54, 1.807) is 0 Å². The molecule has 7 heteroatoms. The van der Waals surface area contributed by atoms with Crippen LogP contribution in [0, 0.1) is 5.92 Å². The molecule has 1 aliphatic carbocycles. The highest BCUT2D eigenvalue weighted by atomic mass is 79.9. The van der Waals surface area contributed by atoms with Crippen molar-refractivity contribution in [1.82, 2.24) is 14.8 Å². The van der Waals surface area contributed by atoms with Crippen molar-refractivity contribution in [3.8, 4) is 0 Å². The molecule has 2 saturated heterocycles. The molecule has 3 aliphatic rings. The van der Waals surface area contributed by atoms with E-state index < -0.39 is 5.60 Å². The molecule has 5 rings (SSSR count). The summed E-state index contributed by atoms with van der Waals surface area (Å²) < 4.78 is 8.02. The Balaban J connectivity index is 1.19. The fourth-order valence-electron chi connectivity index (χ4n) is 5.02. The fourth-order valence-corrected chi connectivity index (χ4v) is 6.66. The lowest BCUT2D eigenvalue weighted by atomic mass is 9.80. The standard InChI is InChI=1S/C22H28BrN3O2S/c1-22(2,3)28-21(27)26-7-6-13-11-25(12-18(13)26)16-8-14(9-16)20-24-17-5-4-15(23)10-19(17)29-20/h4-5,10,13-14,16,18H,6-9,11-12H2,1-3H3. The third-order valence-corrected chi connectivity index (χ3v) is 8.22. The molecule has 156 valence electrons. The lowest BCUT2D eigenvalue weighted by molar-refractivity contribution is 0.0204. The highest BCUT2D eigenvalue weighted by Gasteiger charge is 2.48. The number of rotatable bonds is 2. The van der Waals surface area contributed by atoms with Crippen LogP contribution in [0.25, 0.3) is 10.2 Å². The first-order chi connectivity index (χ1) is 13.8. The summed E-state index contributed by atoms with van der Waals surface area (Å²) in [6.07, 6.45) is 3.34. The Labute approximate surface area is 184 Å². The van der Waals surface area contributed by atoms with E-state index >= 15 is 0 Å². The summed E-state index contributed by atoms with van der Waals surface area (Å²) in [5, 5.41) is 1.28. The zero-order chi connectivity index (χ0) is 20.3. The van der Waals surface area contributed by atoms with Crippen molar-refractivity contribution < 1.29 is 9.53 Å². The topological polar surface area (TPSA) is 45.7 Å². The second kappa shape index (κ2) is 7.20. The van der Waals surface area contributed by atoms with Gasteiger partial charge in [0.25, 0.3) is 0 Å². The van der Waals surface area contributed by atoms with Crippen molar-refractivity contribution in [2.75, 3.05) is 19.6 Å². The minimum Gasteiger partial charge on any atom is -0.444 e. The molecular weight excluding hydrogens is 450 g/mol. The van der Waals surface area contributed by atoms with E-state index in [1.165, 1.54) is 22.5 Å². The Morgan fingerprint density at radius 2 is 2.07 bits per heavy atom. The number of benzene rings is 1. The number of amides is 1. The molecule has 1 aromatic carbocycles. The van der Waals surface area contributed by atoms with Crippen LogP contribution in [0.3, 0.4) is 0 Å². The first-order valence-corrected chi connectivity index (χ1v) is 12.2. The van der Waals surface area contributed by atoms with Gasteiger partial charge < -0.3 is 9.64 Å². The number of aromatic nitrogens is 1. The number of hydrogen-bond donors (Lipinski definition) is 0. The van der Waals surface area contributed by atoms with Crippen molar-refractivity contribution in [3.05, 3.63) is 27.7 Å². The molecule has 0 spiro atoms. The van der Waals surface area contributed by atoms with Gasteiger partial charge in [0.1, 0.15) is 5.60 Å². The number of likely N-dealkylation sites (tertiary alicyclic amines) is 2. The molecule has 2 unspecified atom stereocenters. The molecule has 2 atom stereocenters. The van der Waals surface area contributed by atoms with Crippen LogP contribution in [0.15, 0.2) is 22.7 Å². The molecule has 0 radical (unpaired) electrons. The summed E-state index contributed by atoms with van der Waals surface area (Å²) in [5.41, 5.74) is 0.682. The highest BCUT2D eigenvalue weighted by Crippen LogP contribution is 2.45. The minimum absolute atomic E-state index is 0.140. The smallest absolute Gasteiger partial charge is 0.410 e. The third-order valence-electron chi connectivity index (χ3n) is 6.55. The highest BCUT2D eigenvalue weighted by molar-refractivity contribution is 9.10. The zero-order valence-electron chi connectivity index (χ0n) is 17.2. The maximum Gasteiger partial charge on any atom is 0.410 e. The van der Waals surface area contributed by atoms with Crippen molar-refractivity contribution in [2.24, 2.45) is 5.92 Å². The Hall–Kier alpha value is -1.18. The average Bonchev–Trinajstić information content (AvgIpc) is 3.24. The molecule has 1 amide bonds. The van der Waals surface area contributed by atoms with Gasteiger partial charge >= 0.3 is 6.09 Å². The molecule has 3 fully saturated rings. The lowest BCUT2D eigenvalue weighted by Crippen LogP contribution is -2.46. The van der Waals surface area contributed by atoms with E-state index in [0.29, 0.717) is 23.9 Å². The molecule has 2 aromatic rings. The fraction of sp³-hybridized carbons (Fsp3) is 0.636. The van der Waals surface area contributed by atoms with Crippen LogP contribution in [-0.2, 0) is 4.74 Å². The molecule has 1 aromatic heterocycles. The van der Waals surface area contributed by atoms with Gasteiger partial charge in [-0.15, -0.1) is 11.3 Å². The van der Waals surface area contributed by atoms with E-state index in [0.717, 1.165) is 36.0 Å².